The van der Waals surface area contributed by atoms with Crippen molar-refractivity contribution < 1.29 is 0 Å². The molecule has 11 aromatic rings. The van der Waals surface area contributed by atoms with Crippen LogP contribution in [0.15, 0.2) is 206 Å². The number of nitrogens with zero attached hydrogens (tertiary/aromatic N) is 2. The van der Waals surface area contributed by atoms with E-state index in [-0.39, 0.29) is 0 Å². The molecule has 0 aliphatic carbocycles. The fraction of sp³-hybridized carbons (Fsp3) is 0. The van der Waals surface area contributed by atoms with E-state index in [0.29, 0.717) is 0 Å². The lowest BCUT2D eigenvalue weighted by Gasteiger charge is -2.27. The lowest BCUT2D eigenvalue weighted by Crippen LogP contribution is -2.10. The molecule has 0 amide bonds. The molecule has 0 saturated heterocycles. The quantitative estimate of drug-likeness (QED) is 0.183. The van der Waals surface area contributed by atoms with Gasteiger partial charge in [-0.3, -0.25) is 0 Å². The van der Waals surface area contributed by atoms with Crippen LogP contribution in [-0.2, 0) is 0 Å². The summed E-state index contributed by atoms with van der Waals surface area (Å²) in [4.78, 5) is 6.14. The Balaban J connectivity index is 1.04. The molecule has 0 aliphatic rings. The van der Waals surface area contributed by atoms with Crippen LogP contribution in [0.3, 0.4) is 0 Å². The molecule has 0 saturated carbocycles. The largest absolute Gasteiger partial charge is 0.354 e. The second-order valence-electron chi connectivity index (χ2n) is 14.2. The number of nitrogens with one attached hydrogen (secondary N) is 1. The zero-order chi connectivity index (χ0) is 36.3. The normalized spacial score (nSPS) is 11.6. The first kappa shape index (κ1) is 31.2. The Hall–Kier alpha value is -7.36. The molecule has 1 N–H and O–H groups in total. The summed E-state index contributed by atoms with van der Waals surface area (Å²) >= 11 is 0. The molecule has 3 heteroatoms. The zero-order valence-electron chi connectivity index (χ0n) is 30.0. The Labute approximate surface area is 319 Å². The van der Waals surface area contributed by atoms with E-state index in [9.17, 15) is 0 Å². The van der Waals surface area contributed by atoms with Crippen molar-refractivity contribution in [3.8, 4) is 27.9 Å². The van der Waals surface area contributed by atoms with Gasteiger partial charge in [-0.2, -0.15) is 0 Å². The summed E-state index contributed by atoms with van der Waals surface area (Å²) in [5.74, 6) is 0. The van der Waals surface area contributed by atoms with E-state index in [2.05, 4.69) is 221 Å². The van der Waals surface area contributed by atoms with Crippen LogP contribution >= 0.6 is 0 Å². The summed E-state index contributed by atoms with van der Waals surface area (Å²) in [5, 5.41) is 7.43. The van der Waals surface area contributed by atoms with Gasteiger partial charge in [0.25, 0.3) is 0 Å². The highest BCUT2D eigenvalue weighted by Crippen LogP contribution is 2.42. The highest BCUT2D eigenvalue weighted by Gasteiger charge is 2.18. The molecule has 0 bridgehead atoms. The van der Waals surface area contributed by atoms with Gasteiger partial charge in [-0.25, -0.2) is 0 Å². The van der Waals surface area contributed by atoms with Gasteiger partial charge < -0.3 is 14.5 Å². The topological polar surface area (TPSA) is 24.0 Å². The number of aromatic amines is 1. The number of hydrogen-bond acceptors (Lipinski definition) is 1. The summed E-state index contributed by atoms with van der Waals surface area (Å²) < 4.78 is 2.38. The number of hydrogen-bond donors (Lipinski definition) is 1. The Morgan fingerprint density at radius 1 is 0.382 bits per heavy atom. The maximum absolute atomic E-state index is 3.78. The van der Waals surface area contributed by atoms with Gasteiger partial charge in [-0.1, -0.05) is 133 Å². The molecule has 0 aliphatic heterocycles. The smallest absolute Gasteiger partial charge is 0.0544 e. The Bertz CT molecular complexity index is 3130. The van der Waals surface area contributed by atoms with Gasteiger partial charge in [-0.15, -0.1) is 0 Å². The van der Waals surface area contributed by atoms with Crippen LogP contribution in [0.1, 0.15) is 0 Å². The second kappa shape index (κ2) is 12.6. The van der Waals surface area contributed by atoms with E-state index < -0.39 is 0 Å². The van der Waals surface area contributed by atoms with Crippen molar-refractivity contribution in [1.82, 2.24) is 9.55 Å². The number of fused-ring (bicyclic) bond motifs is 7. The molecular formula is C52H35N3. The molecule has 11 rings (SSSR count). The van der Waals surface area contributed by atoms with Gasteiger partial charge >= 0.3 is 0 Å². The van der Waals surface area contributed by atoms with Crippen molar-refractivity contribution in [3.05, 3.63) is 206 Å². The molecule has 0 atom stereocenters. The average molecular weight is 702 g/mol. The zero-order valence-corrected chi connectivity index (χ0v) is 30.0. The van der Waals surface area contributed by atoms with Gasteiger partial charge in [0, 0.05) is 55.1 Å². The monoisotopic (exact) mass is 701 g/mol. The predicted octanol–water partition coefficient (Wildman–Crippen LogP) is 14.4. The number of anilines is 3. The molecule has 0 fully saturated rings. The van der Waals surface area contributed by atoms with Crippen LogP contribution < -0.4 is 4.90 Å². The predicted molar refractivity (Wildman–Crippen MR) is 233 cm³/mol. The lowest BCUT2D eigenvalue weighted by molar-refractivity contribution is 1.18. The first-order valence-electron chi connectivity index (χ1n) is 18.9. The summed E-state index contributed by atoms with van der Waals surface area (Å²) in [6.45, 7) is 0. The number of aromatic nitrogens is 2. The molecule has 55 heavy (non-hydrogen) atoms. The maximum atomic E-state index is 3.78. The molecule has 0 unspecified atom stereocenters. The molecule has 258 valence electrons. The molecule has 0 spiro atoms. The molecule has 9 aromatic carbocycles. The fourth-order valence-electron chi connectivity index (χ4n) is 8.55. The van der Waals surface area contributed by atoms with Crippen LogP contribution in [0.5, 0.6) is 0 Å². The molecule has 2 heterocycles. The standard InChI is InChI=1S/C52H35N3/c1-2-15-39(16-3-1)54(49-24-12-14-36-13-4-5-17-42(36)49)40-29-25-35(26-30-40)38-33-46(52-47(34-38)43-18-6-9-21-48(43)53-52)37-27-31-41(32-28-37)55-50-22-10-7-19-44(50)45-20-8-11-23-51(45)55/h1-34,53H. The van der Waals surface area contributed by atoms with Crippen molar-refractivity contribution in [3.63, 3.8) is 0 Å². The van der Waals surface area contributed by atoms with E-state index in [1.807, 2.05) is 0 Å². The van der Waals surface area contributed by atoms with Gasteiger partial charge in [-0.05, 0) is 94.9 Å². The van der Waals surface area contributed by atoms with Crippen LogP contribution in [-0.4, -0.2) is 9.55 Å². The summed E-state index contributed by atoms with van der Waals surface area (Å²) in [6, 6.07) is 74.6. The highest BCUT2D eigenvalue weighted by atomic mass is 15.1. The van der Waals surface area contributed by atoms with Crippen molar-refractivity contribution >= 4 is 71.4 Å². The molecular weight excluding hydrogens is 667 g/mol. The fourth-order valence-corrected chi connectivity index (χ4v) is 8.55. The molecule has 2 aromatic heterocycles. The van der Waals surface area contributed by atoms with Crippen LogP contribution in [0, 0.1) is 0 Å². The summed E-state index contributed by atoms with van der Waals surface area (Å²) in [6.07, 6.45) is 0. The Morgan fingerprint density at radius 2 is 0.964 bits per heavy atom. The van der Waals surface area contributed by atoms with E-state index in [4.69, 9.17) is 0 Å². The van der Waals surface area contributed by atoms with E-state index in [0.717, 1.165) is 33.8 Å². The van der Waals surface area contributed by atoms with E-state index in [1.54, 1.807) is 0 Å². The minimum Gasteiger partial charge on any atom is -0.354 e. The minimum absolute atomic E-state index is 1.11. The Kier molecular flexibility index (Phi) is 7.17. The highest BCUT2D eigenvalue weighted by molar-refractivity contribution is 6.14. The SMILES string of the molecule is c1ccc(N(c2ccc(-c3cc(-c4ccc(-n5c6ccccc6c6ccccc65)cc4)c4[nH]c5ccccc5c4c3)cc2)c2cccc3ccccc23)cc1. The first-order valence-corrected chi connectivity index (χ1v) is 18.9. The third kappa shape index (κ3) is 5.13. The number of para-hydroxylation sites is 4. The Morgan fingerprint density at radius 3 is 1.71 bits per heavy atom. The second-order valence-corrected chi connectivity index (χ2v) is 14.2. The number of benzene rings is 9. The van der Waals surface area contributed by atoms with Gasteiger partial charge in [0.2, 0.25) is 0 Å². The van der Waals surface area contributed by atoms with Crippen LogP contribution in [0.4, 0.5) is 17.1 Å². The lowest BCUT2D eigenvalue weighted by atomic mass is 9.95. The summed E-state index contributed by atoms with van der Waals surface area (Å²) in [5.41, 5.74) is 14.0. The van der Waals surface area contributed by atoms with Gasteiger partial charge in [0.15, 0.2) is 0 Å². The van der Waals surface area contributed by atoms with Gasteiger partial charge in [0.1, 0.15) is 0 Å². The third-order valence-electron chi connectivity index (χ3n) is 11.1. The maximum Gasteiger partial charge on any atom is 0.0544 e. The van der Waals surface area contributed by atoms with E-state index in [1.165, 1.54) is 65.6 Å². The van der Waals surface area contributed by atoms with Gasteiger partial charge in [0.05, 0.1) is 22.2 Å². The van der Waals surface area contributed by atoms with Crippen LogP contribution in [0.2, 0.25) is 0 Å². The third-order valence-corrected chi connectivity index (χ3v) is 11.1. The number of H-pyrrole nitrogens is 1. The van der Waals surface area contributed by atoms with Crippen molar-refractivity contribution in [2.24, 2.45) is 0 Å². The van der Waals surface area contributed by atoms with Crippen molar-refractivity contribution in [1.29, 1.82) is 0 Å². The van der Waals surface area contributed by atoms with E-state index >= 15 is 0 Å². The van der Waals surface area contributed by atoms with Crippen molar-refractivity contribution in [2.75, 3.05) is 4.90 Å². The summed E-state index contributed by atoms with van der Waals surface area (Å²) in [7, 11) is 0. The molecule has 3 nitrogen and oxygen atoms in total. The minimum atomic E-state index is 1.11. The molecule has 0 radical (unpaired) electrons. The van der Waals surface area contributed by atoms with Crippen LogP contribution in [0.25, 0.3) is 82.3 Å². The number of rotatable bonds is 6. The van der Waals surface area contributed by atoms with Crippen molar-refractivity contribution in [2.45, 2.75) is 0 Å². The average Bonchev–Trinajstić information content (AvgIpc) is 3.80. The first-order chi connectivity index (χ1) is 27.3.